The van der Waals surface area contributed by atoms with E-state index in [0.717, 1.165) is 17.2 Å². The third-order valence-electron chi connectivity index (χ3n) is 3.17. The Morgan fingerprint density at radius 3 is 2.50 bits per heavy atom. The van der Waals surface area contributed by atoms with Gasteiger partial charge in [0.1, 0.15) is 0 Å². The molecule has 1 aromatic heterocycles. The molecule has 2 rings (SSSR count). The SMILES string of the molecule is CCNC(c1cnccc1C)c1ccc(F)c(F)c1F. The van der Waals surface area contributed by atoms with Gasteiger partial charge in [0, 0.05) is 18.0 Å². The summed E-state index contributed by atoms with van der Waals surface area (Å²) >= 11 is 0. The number of aryl methyl sites for hydroxylation is 1. The first-order valence-electron chi connectivity index (χ1n) is 6.33. The maximum absolute atomic E-state index is 14.0. The van der Waals surface area contributed by atoms with E-state index in [1.165, 1.54) is 6.07 Å². The molecule has 106 valence electrons. The lowest BCUT2D eigenvalue weighted by molar-refractivity contribution is 0.433. The second-order valence-electron chi connectivity index (χ2n) is 4.49. The quantitative estimate of drug-likeness (QED) is 0.867. The maximum Gasteiger partial charge on any atom is 0.194 e. The summed E-state index contributed by atoms with van der Waals surface area (Å²) < 4.78 is 40.4. The first-order chi connectivity index (χ1) is 9.56. The molecule has 2 nitrogen and oxygen atoms in total. The summed E-state index contributed by atoms with van der Waals surface area (Å²) in [6, 6.07) is 3.41. The van der Waals surface area contributed by atoms with Crippen LogP contribution < -0.4 is 5.32 Å². The molecule has 0 bridgehead atoms. The van der Waals surface area contributed by atoms with Gasteiger partial charge in [-0.25, -0.2) is 13.2 Å². The standard InChI is InChI=1S/C15H15F3N2/c1-3-20-15(11-8-19-7-6-9(11)2)10-4-5-12(16)14(18)13(10)17/h4-8,15,20H,3H2,1-2H3. The highest BCUT2D eigenvalue weighted by atomic mass is 19.2. The number of nitrogens with zero attached hydrogens (tertiary/aromatic N) is 1. The monoisotopic (exact) mass is 280 g/mol. The van der Waals surface area contributed by atoms with Crippen LogP contribution in [0.25, 0.3) is 0 Å². The van der Waals surface area contributed by atoms with Crippen molar-refractivity contribution in [2.45, 2.75) is 19.9 Å². The fraction of sp³-hybridized carbons (Fsp3) is 0.267. The van der Waals surface area contributed by atoms with Gasteiger partial charge in [-0.3, -0.25) is 4.98 Å². The van der Waals surface area contributed by atoms with Crippen LogP contribution in [0.3, 0.4) is 0 Å². The first kappa shape index (κ1) is 14.5. The van der Waals surface area contributed by atoms with E-state index in [1.807, 2.05) is 13.8 Å². The second-order valence-corrected chi connectivity index (χ2v) is 4.49. The Morgan fingerprint density at radius 1 is 1.10 bits per heavy atom. The topological polar surface area (TPSA) is 24.9 Å². The Hall–Kier alpha value is -1.88. The molecule has 1 unspecified atom stereocenters. The second kappa shape index (κ2) is 6.05. The molecule has 0 radical (unpaired) electrons. The molecular weight excluding hydrogens is 265 g/mol. The van der Waals surface area contributed by atoms with E-state index >= 15 is 0 Å². The van der Waals surface area contributed by atoms with Gasteiger partial charge >= 0.3 is 0 Å². The van der Waals surface area contributed by atoms with Crippen molar-refractivity contribution in [3.8, 4) is 0 Å². The van der Waals surface area contributed by atoms with E-state index in [4.69, 9.17) is 0 Å². The zero-order chi connectivity index (χ0) is 14.7. The van der Waals surface area contributed by atoms with Crippen LogP contribution in [0.15, 0.2) is 30.6 Å². The fourth-order valence-electron chi connectivity index (χ4n) is 2.13. The van der Waals surface area contributed by atoms with Crippen molar-refractivity contribution < 1.29 is 13.2 Å². The molecule has 1 atom stereocenters. The number of halogens is 3. The molecule has 0 fully saturated rings. The van der Waals surface area contributed by atoms with Gasteiger partial charge in [-0.05, 0) is 36.7 Å². The number of pyridine rings is 1. The average molecular weight is 280 g/mol. The largest absolute Gasteiger partial charge is 0.306 e. The minimum absolute atomic E-state index is 0.0712. The van der Waals surface area contributed by atoms with Crippen LogP contribution in [0, 0.1) is 24.4 Å². The van der Waals surface area contributed by atoms with Crippen molar-refractivity contribution in [3.63, 3.8) is 0 Å². The van der Waals surface area contributed by atoms with E-state index in [2.05, 4.69) is 10.3 Å². The Kier molecular flexibility index (Phi) is 4.39. The number of hydrogen-bond donors (Lipinski definition) is 1. The number of aromatic nitrogens is 1. The highest BCUT2D eigenvalue weighted by molar-refractivity contribution is 5.36. The van der Waals surface area contributed by atoms with E-state index in [9.17, 15) is 13.2 Å². The van der Waals surface area contributed by atoms with Gasteiger partial charge in [0.25, 0.3) is 0 Å². The molecule has 0 saturated heterocycles. The molecule has 0 spiro atoms. The minimum atomic E-state index is -1.45. The van der Waals surface area contributed by atoms with Crippen molar-refractivity contribution in [1.29, 1.82) is 0 Å². The molecular formula is C15H15F3N2. The van der Waals surface area contributed by atoms with Crippen molar-refractivity contribution in [2.24, 2.45) is 0 Å². The lowest BCUT2D eigenvalue weighted by Crippen LogP contribution is -2.24. The van der Waals surface area contributed by atoms with Crippen molar-refractivity contribution in [2.75, 3.05) is 6.54 Å². The summed E-state index contributed by atoms with van der Waals surface area (Å²) in [4.78, 5) is 4.01. The molecule has 0 aliphatic heterocycles. The van der Waals surface area contributed by atoms with Gasteiger partial charge in [0.05, 0.1) is 6.04 Å². The molecule has 1 aromatic carbocycles. The summed E-state index contributed by atoms with van der Waals surface area (Å²) in [5.41, 5.74) is 1.70. The molecule has 0 saturated carbocycles. The molecule has 1 heterocycles. The number of hydrogen-bond acceptors (Lipinski definition) is 2. The molecule has 1 N–H and O–H groups in total. The molecule has 2 aromatic rings. The zero-order valence-corrected chi connectivity index (χ0v) is 11.3. The molecule has 5 heteroatoms. The summed E-state index contributed by atoms with van der Waals surface area (Å²) in [6.07, 6.45) is 3.23. The third kappa shape index (κ3) is 2.67. The van der Waals surface area contributed by atoms with Gasteiger partial charge < -0.3 is 5.32 Å². The Labute approximate surface area is 115 Å². The average Bonchev–Trinajstić information content (AvgIpc) is 2.44. The van der Waals surface area contributed by atoms with E-state index < -0.39 is 23.5 Å². The van der Waals surface area contributed by atoms with Crippen LogP contribution in [0.2, 0.25) is 0 Å². The maximum atomic E-state index is 14.0. The third-order valence-corrected chi connectivity index (χ3v) is 3.17. The smallest absolute Gasteiger partial charge is 0.194 e. The van der Waals surface area contributed by atoms with Crippen LogP contribution in [0.4, 0.5) is 13.2 Å². The zero-order valence-electron chi connectivity index (χ0n) is 11.3. The molecule has 0 aliphatic carbocycles. The highest BCUT2D eigenvalue weighted by Gasteiger charge is 2.22. The summed E-state index contributed by atoms with van der Waals surface area (Å²) in [6.45, 7) is 4.27. The Balaban J connectivity index is 2.55. The van der Waals surface area contributed by atoms with Crippen LogP contribution in [-0.4, -0.2) is 11.5 Å². The lowest BCUT2D eigenvalue weighted by Gasteiger charge is -2.21. The van der Waals surface area contributed by atoms with Crippen LogP contribution in [0.5, 0.6) is 0 Å². The van der Waals surface area contributed by atoms with Gasteiger partial charge in [-0.15, -0.1) is 0 Å². The first-order valence-corrected chi connectivity index (χ1v) is 6.33. The van der Waals surface area contributed by atoms with E-state index in [1.54, 1.807) is 18.5 Å². The summed E-state index contributed by atoms with van der Waals surface area (Å²) in [5, 5.41) is 3.07. The van der Waals surface area contributed by atoms with Crippen molar-refractivity contribution in [1.82, 2.24) is 10.3 Å². The van der Waals surface area contributed by atoms with Gasteiger partial charge in [-0.2, -0.15) is 0 Å². The summed E-state index contributed by atoms with van der Waals surface area (Å²) in [5.74, 6) is -3.81. The van der Waals surface area contributed by atoms with Gasteiger partial charge in [-0.1, -0.05) is 13.0 Å². The molecule has 0 amide bonds. The fourth-order valence-corrected chi connectivity index (χ4v) is 2.13. The Bertz CT molecular complexity index is 614. The number of rotatable bonds is 4. The number of benzene rings is 1. The van der Waals surface area contributed by atoms with Crippen LogP contribution >= 0.6 is 0 Å². The van der Waals surface area contributed by atoms with Gasteiger partial charge in [0.2, 0.25) is 0 Å². The predicted molar refractivity (Wildman–Crippen MR) is 70.8 cm³/mol. The van der Waals surface area contributed by atoms with Crippen LogP contribution in [0.1, 0.15) is 29.7 Å². The van der Waals surface area contributed by atoms with Crippen molar-refractivity contribution >= 4 is 0 Å². The normalized spacial score (nSPS) is 12.4. The summed E-state index contributed by atoms with van der Waals surface area (Å²) in [7, 11) is 0. The molecule has 20 heavy (non-hydrogen) atoms. The van der Waals surface area contributed by atoms with E-state index in [-0.39, 0.29) is 5.56 Å². The highest BCUT2D eigenvalue weighted by Crippen LogP contribution is 2.28. The van der Waals surface area contributed by atoms with Crippen LogP contribution in [-0.2, 0) is 0 Å². The lowest BCUT2D eigenvalue weighted by atomic mass is 9.96. The van der Waals surface area contributed by atoms with Gasteiger partial charge in [0.15, 0.2) is 17.5 Å². The van der Waals surface area contributed by atoms with Crippen molar-refractivity contribution in [3.05, 3.63) is 64.7 Å². The molecule has 0 aliphatic rings. The Morgan fingerprint density at radius 2 is 1.85 bits per heavy atom. The minimum Gasteiger partial charge on any atom is -0.306 e. The van der Waals surface area contributed by atoms with E-state index in [0.29, 0.717) is 6.54 Å². The number of nitrogens with one attached hydrogen (secondary N) is 1. The predicted octanol–water partition coefficient (Wildman–Crippen LogP) is 3.51.